The lowest BCUT2D eigenvalue weighted by atomic mass is 10.00. The second-order valence-corrected chi connectivity index (χ2v) is 6.58. The van der Waals surface area contributed by atoms with Crippen LogP contribution in [-0.4, -0.2) is 32.5 Å². The smallest absolute Gasteiger partial charge is 0.161 e. The van der Waals surface area contributed by atoms with Gasteiger partial charge in [0, 0.05) is 19.6 Å². The van der Waals surface area contributed by atoms with Gasteiger partial charge in [0.25, 0.3) is 0 Å². The number of nitriles is 1. The Labute approximate surface area is 159 Å². The zero-order valence-corrected chi connectivity index (χ0v) is 15.5. The van der Waals surface area contributed by atoms with Crippen molar-refractivity contribution in [1.82, 2.24) is 0 Å². The summed E-state index contributed by atoms with van der Waals surface area (Å²) in [7, 11) is 0. The molecule has 0 fully saturated rings. The molecule has 2 aromatic carbocycles. The summed E-state index contributed by atoms with van der Waals surface area (Å²) in [6.07, 6.45) is 1.20. The van der Waals surface area contributed by atoms with Gasteiger partial charge in [0.2, 0.25) is 0 Å². The quantitative estimate of drug-likeness (QED) is 0.722. The van der Waals surface area contributed by atoms with Gasteiger partial charge >= 0.3 is 0 Å². The third-order valence-corrected chi connectivity index (χ3v) is 4.52. The van der Waals surface area contributed by atoms with Gasteiger partial charge < -0.3 is 20.1 Å². The summed E-state index contributed by atoms with van der Waals surface area (Å²) >= 11 is 0. The van der Waals surface area contributed by atoms with E-state index in [-0.39, 0.29) is 12.2 Å². The topological polar surface area (TPSA) is 71.5 Å². The molecule has 0 radical (unpaired) electrons. The molecule has 1 aliphatic heterocycles. The fraction of sp³-hybridized carbons (Fsp3) is 0.381. The maximum Gasteiger partial charge on any atom is 0.161 e. The molecule has 0 spiro atoms. The molecule has 3 rings (SSSR count). The van der Waals surface area contributed by atoms with Crippen molar-refractivity contribution in [2.24, 2.45) is 5.73 Å². The van der Waals surface area contributed by atoms with E-state index in [1.54, 1.807) is 6.07 Å². The minimum Gasteiger partial charge on any atom is -0.471 e. The molecule has 27 heavy (non-hydrogen) atoms. The standard InChI is InChI=1S/C21H24FN3O2/c1-2-8-26-9-7-25-14-27-21-6-5-16(12-20(21)25)15-3-4-17(19(22)11-15)10-18(24)13-23/h3-6,11-12,18H,2,7-10,14,24H2,1H3. The van der Waals surface area contributed by atoms with E-state index in [0.717, 1.165) is 42.1 Å². The normalized spacial score (nSPS) is 13.8. The summed E-state index contributed by atoms with van der Waals surface area (Å²) in [4.78, 5) is 2.12. The first kappa shape index (κ1) is 19.2. The number of hydrogen-bond donors (Lipinski definition) is 1. The summed E-state index contributed by atoms with van der Waals surface area (Å²) in [6, 6.07) is 12.1. The van der Waals surface area contributed by atoms with E-state index in [4.69, 9.17) is 20.5 Å². The van der Waals surface area contributed by atoms with Gasteiger partial charge in [-0.1, -0.05) is 25.1 Å². The summed E-state index contributed by atoms with van der Waals surface area (Å²) in [5.74, 6) is 0.478. The number of nitrogens with two attached hydrogens (primary N) is 1. The van der Waals surface area contributed by atoms with Gasteiger partial charge in [0.1, 0.15) is 11.6 Å². The van der Waals surface area contributed by atoms with Gasteiger partial charge in [-0.05, 0) is 41.3 Å². The maximum absolute atomic E-state index is 14.4. The lowest BCUT2D eigenvalue weighted by Crippen LogP contribution is -2.26. The van der Waals surface area contributed by atoms with Crippen molar-refractivity contribution in [3.8, 4) is 22.9 Å². The number of fused-ring (bicyclic) bond motifs is 1. The Morgan fingerprint density at radius 2 is 2.04 bits per heavy atom. The Morgan fingerprint density at radius 3 is 2.78 bits per heavy atom. The van der Waals surface area contributed by atoms with Crippen molar-refractivity contribution in [2.75, 3.05) is 31.4 Å². The first-order chi connectivity index (χ1) is 13.1. The summed E-state index contributed by atoms with van der Waals surface area (Å²) in [5, 5.41) is 8.80. The van der Waals surface area contributed by atoms with Crippen LogP contribution in [0.3, 0.4) is 0 Å². The fourth-order valence-corrected chi connectivity index (χ4v) is 3.06. The summed E-state index contributed by atoms with van der Waals surface area (Å²) in [6.45, 7) is 4.72. The van der Waals surface area contributed by atoms with Crippen LogP contribution in [0.25, 0.3) is 11.1 Å². The van der Waals surface area contributed by atoms with Crippen LogP contribution in [0.1, 0.15) is 18.9 Å². The van der Waals surface area contributed by atoms with E-state index in [1.807, 2.05) is 30.3 Å². The lowest BCUT2D eigenvalue weighted by Gasteiger charge is -2.17. The van der Waals surface area contributed by atoms with Crippen LogP contribution in [0.2, 0.25) is 0 Å². The molecule has 0 aromatic heterocycles. The van der Waals surface area contributed by atoms with Crippen molar-refractivity contribution < 1.29 is 13.9 Å². The van der Waals surface area contributed by atoms with Crippen LogP contribution in [-0.2, 0) is 11.2 Å². The second kappa shape index (κ2) is 8.85. The molecule has 1 atom stereocenters. The average Bonchev–Trinajstić information content (AvgIpc) is 3.09. The molecule has 5 nitrogen and oxygen atoms in total. The van der Waals surface area contributed by atoms with Gasteiger partial charge in [0.05, 0.1) is 24.4 Å². The molecule has 1 aliphatic rings. The molecule has 2 N–H and O–H groups in total. The van der Waals surface area contributed by atoms with E-state index in [2.05, 4.69) is 11.8 Å². The highest BCUT2D eigenvalue weighted by Gasteiger charge is 2.21. The van der Waals surface area contributed by atoms with E-state index in [0.29, 0.717) is 18.9 Å². The van der Waals surface area contributed by atoms with E-state index in [1.165, 1.54) is 6.07 Å². The van der Waals surface area contributed by atoms with Crippen LogP contribution < -0.4 is 15.4 Å². The van der Waals surface area contributed by atoms with E-state index >= 15 is 0 Å². The predicted molar refractivity (Wildman–Crippen MR) is 103 cm³/mol. The first-order valence-electron chi connectivity index (χ1n) is 9.16. The van der Waals surface area contributed by atoms with Gasteiger partial charge in [-0.25, -0.2) is 4.39 Å². The van der Waals surface area contributed by atoms with Crippen molar-refractivity contribution in [1.29, 1.82) is 5.26 Å². The van der Waals surface area contributed by atoms with Crippen LogP contribution in [0.15, 0.2) is 36.4 Å². The predicted octanol–water partition coefficient (Wildman–Crippen LogP) is 3.47. The zero-order valence-electron chi connectivity index (χ0n) is 15.5. The van der Waals surface area contributed by atoms with Gasteiger partial charge in [0.15, 0.2) is 6.73 Å². The second-order valence-electron chi connectivity index (χ2n) is 6.58. The summed E-state index contributed by atoms with van der Waals surface area (Å²) in [5.41, 5.74) is 8.73. The van der Waals surface area contributed by atoms with Crippen molar-refractivity contribution in [2.45, 2.75) is 25.8 Å². The Kier molecular flexibility index (Phi) is 6.28. The molecular weight excluding hydrogens is 345 g/mol. The van der Waals surface area contributed by atoms with Crippen molar-refractivity contribution >= 4 is 5.69 Å². The summed E-state index contributed by atoms with van der Waals surface area (Å²) < 4.78 is 25.7. The number of ether oxygens (including phenoxy) is 2. The van der Waals surface area contributed by atoms with Gasteiger partial charge in [-0.3, -0.25) is 0 Å². The minimum absolute atomic E-state index is 0.201. The number of rotatable bonds is 8. The average molecular weight is 369 g/mol. The number of halogens is 1. The lowest BCUT2D eigenvalue weighted by molar-refractivity contribution is 0.139. The van der Waals surface area contributed by atoms with Gasteiger partial charge in [-0.15, -0.1) is 0 Å². The highest BCUT2D eigenvalue weighted by Crippen LogP contribution is 2.37. The first-order valence-corrected chi connectivity index (χ1v) is 9.16. The molecule has 1 unspecified atom stereocenters. The molecular formula is C21H24FN3O2. The van der Waals surface area contributed by atoms with E-state index < -0.39 is 6.04 Å². The van der Waals surface area contributed by atoms with Crippen molar-refractivity contribution in [3.05, 3.63) is 47.8 Å². The van der Waals surface area contributed by atoms with Gasteiger partial charge in [-0.2, -0.15) is 5.26 Å². The Bertz CT molecular complexity index is 835. The monoisotopic (exact) mass is 369 g/mol. The molecule has 0 bridgehead atoms. The molecule has 6 heteroatoms. The van der Waals surface area contributed by atoms with E-state index in [9.17, 15) is 4.39 Å². The number of nitrogens with zero attached hydrogens (tertiary/aromatic N) is 2. The SMILES string of the molecule is CCCOCCN1COc2ccc(-c3ccc(CC(N)C#N)c(F)c3)cc21. The minimum atomic E-state index is -0.703. The fourth-order valence-electron chi connectivity index (χ4n) is 3.06. The number of benzene rings is 2. The Morgan fingerprint density at radius 1 is 1.26 bits per heavy atom. The maximum atomic E-state index is 14.4. The zero-order chi connectivity index (χ0) is 19.2. The molecule has 0 amide bonds. The molecule has 2 aromatic rings. The highest BCUT2D eigenvalue weighted by atomic mass is 19.1. The number of anilines is 1. The Hall–Kier alpha value is -2.62. The van der Waals surface area contributed by atoms with Crippen LogP contribution >= 0.6 is 0 Å². The molecule has 0 saturated heterocycles. The third-order valence-electron chi connectivity index (χ3n) is 4.52. The molecule has 1 heterocycles. The molecule has 142 valence electrons. The van der Waals surface area contributed by atoms with Crippen LogP contribution in [0, 0.1) is 17.1 Å². The van der Waals surface area contributed by atoms with Crippen molar-refractivity contribution in [3.63, 3.8) is 0 Å². The van der Waals surface area contributed by atoms with Crippen LogP contribution in [0.5, 0.6) is 5.75 Å². The molecule has 0 aliphatic carbocycles. The number of hydrogen-bond acceptors (Lipinski definition) is 5. The molecule has 0 saturated carbocycles. The largest absolute Gasteiger partial charge is 0.471 e. The Balaban J connectivity index is 1.77. The third kappa shape index (κ3) is 4.57. The highest BCUT2D eigenvalue weighted by molar-refractivity contribution is 5.74. The van der Waals surface area contributed by atoms with Crippen LogP contribution in [0.4, 0.5) is 10.1 Å².